The Balaban J connectivity index is 1.25. The number of hydrogen-bond acceptors (Lipinski definition) is 9. The van der Waals surface area contributed by atoms with Gasteiger partial charge in [0.25, 0.3) is 5.56 Å². The topological polar surface area (TPSA) is 117 Å². The number of pyridine rings is 1. The Hall–Kier alpha value is -3.02. The van der Waals surface area contributed by atoms with Crippen molar-refractivity contribution in [3.63, 3.8) is 0 Å². The Labute approximate surface area is 202 Å². The molecule has 2 saturated heterocycles. The Morgan fingerprint density at radius 1 is 0.971 bits per heavy atom. The minimum Gasteiger partial charge on any atom is -0.486 e. The highest BCUT2D eigenvalue weighted by Crippen LogP contribution is 2.33. The van der Waals surface area contributed by atoms with E-state index in [4.69, 9.17) is 18.9 Å². The molecule has 3 aliphatic rings. The summed E-state index contributed by atoms with van der Waals surface area (Å²) >= 11 is 0. The molecular weight excluding hydrogens is 452 g/mol. The van der Waals surface area contributed by atoms with Crippen LogP contribution in [0.1, 0.15) is 37.1 Å². The number of nitrogens with one attached hydrogen (secondary N) is 1. The first-order chi connectivity index (χ1) is 17.2. The number of aromatic nitrogens is 5. The van der Waals surface area contributed by atoms with Crippen LogP contribution < -0.4 is 15.0 Å². The second kappa shape index (κ2) is 9.92. The maximum absolute atomic E-state index is 13.0. The lowest BCUT2D eigenvalue weighted by Gasteiger charge is -2.25. The van der Waals surface area contributed by atoms with Crippen LogP contribution in [0.3, 0.4) is 0 Å². The molecule has 6 rings (SSSR count). The Bertz CT molecular complexity index is 1230. The molecule has 0 aliphatic carbocycles. The van der Waals surface area contributed by atoms with E-state index >= 15 is 0 Å². The third-order valence-electron chi connectivity index (χ3n) is 6.84. The van der Waals surface area contributed by atoms with Gasteiger partial charge in [0, 0.05) is 43.3 Å². The summed E-state index contributed by atoms with van der Waals surface area (Å²) in [6.45, 7) is 4.89. The van der Waals surface area contributed by atoms with Crippen molar-refractivity contribution >= 4 is 10.9 Å². The van der Waals surface area contributed by atoms with Crippen molar-refractivity contribution < 1.29 is 18.9 Å². The smallest absolute Gasteiger partial charge is 0.252 e. The molecule has 11 heteroatoms. The van der Waals surface area contributed by atoms with E-state index in [2.05, 4.69) is 25.4 Å². The van der Waals surface area contributed by atoms with Crippen molar-refractivity contribution in [1.82, 2.24) is 30.1 Å². The summed E-state index contributed by atoms with van der Waals surface area (Å²) in [5.41, 5.74) is 1.28. The number of benzene rings is 1. The molecular formula is C24H30N6O5. The highest BCUT2D eigenvalue weighted by Gasteiger charge is 2.24. The molecule has 0 radical (unpaired) electrons. The van der Waals surface area contributed by atoms with Crippen molar-refractivity contribution in [2.75, 3.05) is 33.0 Å². The van der Waals surface area contributed by atoms with Gasteiger partial charge in [-0.3, -0.25) is 9.69 Å². The summed E-state index contributed by atoms with van der Waals surface area (Å²) in [5, 5.41) is 13.3. The van der Waals surface area contributed by atoms with Gasteiger partial charge in [-0.2, -0.15) is 0 Å². The zero-order valence-corrected chi connectivity index (χ0v) is 19.6. The summed E-state index contributed by atoms with van der Waals surface area (Å²) in [5.74, 6) is 2.12. The lowest BCUT2D eigenvalue weighted by Crippen LogP contribution is -2.34. The van der Waals surface area contributed by atoms with Gasteiger partial charge in [-0.1, -0.05) is 0 Å². The zero-order valence-electron chi connectivity index (χ0n) is 19.6. The number of fused-ring (bicyclic) bond motifs is 2. The van der Waals surface area contributed by atoms with Crippen molar-refractivity contribution in [1.29, 1.82) is 0 Å². The molecule has 3 aliphatic heterocycles. The number of nitrogens with zero attached hydrogens (tertiary/aromatic N) is 5. The van der Waals surface area contributed by atoms with Gasteiger partial charge in [0.1, 0.15) is 13.2 Å². The van der Waals surface area contributed by atoms with Crippen LogP contribution in [0.4, 0.5) is 0 Å². The van der Waals surface area contributed by atoms with E-state index in [1.165, 1.54) is 0 Å². The Kier molecular flexibility index (Phi) is 6.36. The number of tetrazole rings is 1. The number of aromatic amines is 1. The largest absolute Gasteiger partial charge is 0.486 e. The molecule has 0 unspecified atom stereocenters. The SMILES string of the molecule is O=c1[nH]c2cc3c(cc2cc1CN(Cc1nnnn1C[C@H]1CCCO1)C[C@H]1CCCO1)OCCO3. The quantitative estimate of drug-likeness (QED) is 0.511. The molecule has 0 bridgehead atoms. The van der Waals surface area contributed by atoms with E-state index < -0.39 is 0 Å². The van der Waals surface area contributed by atoms with E-state index in [0.29, 0.717) is 56.5 Å². The van der Waals surface area contributed by atoms with Crippen molar-refractivity contribution in [3.05, 3.63) is 39.9 Å². The Morgan fingerprint density at radius 3 is 2.51 bits per heavy atom. The fourth-order valence-corrected chi connectivity index (χ4v) is 5.07. The molecule has 0 amide bonds. The third kappa shape index (κ3) is 5.02. The van der Waals surface area contributed by atoms with Gasteiger partial charge < -0.3 is 23.9 Å². The van der Waals surface area contributed by atoms with Gasteiger partial charge in [-0.15, -0.1) is 5.10 Å². The van der Waals surface area contributed by atoms with E-state index in [0.717, 1.165) is 55.6 Å². The summed E-state index contributed by atoms with van der Waals surface area (Å²) in [6, 6.07) is 5.69. The molecule has 5 heterocycles. The summed E-state index contributed by atoms with van der Waals surface area (Å²) in [6.07, 6.45) is 4.43. The summed E-state index contributed by atoms with van der Waals surface area (Å²) < 4.78 is 24.9. The second-order valence-electron chi connectivity index (χ2n) is 9.42. The van der Waals surface area contributed by atoms with Crippen molar-refractivity contribution in [3.8, 4) is 11.5 Å². The van der Waals surface area contributed by atoms with Gasteiger partial charge in [0.15, 0.2) is 17.3 Å². The van der Waals surface area contributed by atoms with Gasteiger partial charge >= 0.3 is 0 Å². The van der Waals surface area contributed by atoms with E-state index in [1.54, 1.807) is 0 Å². The monoisotopic (exact) mass is 482 g/mol. The number of H-pyrrole nitrogens is 1. The molecule has 0 saturated carbocycles. The Morgan fingerprint density at radius 2 is 1.74 bits per heavy atom. The van der Waals surface area contributed by atoms with Crippen LogP contribution in [0.15, 0.2) is 23.0 Å². The number of rotatable bonds is 8. The zero-order chi connectivity index (χ0) is 23.6. The molecule has 11 nitrogen and oxygen atoms in total. The van der Waals surface area contributed by atoms with Crippen molar-refractivity contribution in [2.45, 2.75) is 57.5 Å². The highest BCUT2D eigenvalue weighted by molar-refractivity contribution is 5.83. The van der Waals surface area contributed by atoms with Gasteiger partial charge in [-0.05, 0) is 48.2 Å². The molecule has 2 aromatic heterocycles. The molecule has 3 aromatic rings. The average Bonchev–Trinajstić information content (AvgIpc) is 3.63. The van der Waals surface area contributed by atoms with Gasteiger partial charge in [0.2, 0.25) is 0 Å². The van der Waals surface area contributed by atoms with E-state index in [9.17, 15) is 4.79 Å². The fourth-order valence-electron chi connectivity index (χ4n) is 5.07. The van der Waals surface area contributed by atoms with E-state index in [1.807, 2.05) is 22.9 Å². The van der Waals surface area contributed by atoms with Crippen LogP contribution in [0.5, 0.6) is 11.5 Å². The third-order valence-corrected chi connectivity index (χ3v) is 6.84. The molecule has 2 fully saturated rings. The standard InChI is InChI=1S/C24H30N6O5/c31-24-17(9-16-10-21-22(11-20(16)25-24)35-8-7-34-21)12-29(13-18-3-1-5-32-18)15-23-26-27-28-30(23)14-19-4-2-6-33-19/h9-11,18-19H,1-8,12-15H2,(H,25,31)/t18-,19-/m1/s1. The van der Waals surface area contributed by atoms with Gasteiger partial charge in [0.05, 0.1) is 30.8 Å². The molecule has 1 aromatic carbocycles. The first-order valence-electron chi connectivity index (χ1n) is 12.4. The van der Waals surface area contributed by atoms with Crippen LogP contribution in [0, 0.1) is 0 Å². The highest BCUT2D eigenvalue weighted by atomic mass is 16.6. The average molecular weight is 483 g/mol. The normalized spacial score (nSPS) is 21.9. The summed E-state index contributed by atoms with van der Waals surface area (Å²) in [4.78, 5) is 18.2. The first kappa shape index (κ1) is 22.4. The first-order valence-corrected chi connectivity index (χ1v) is 12.4. The van der Waals surface area contributed by atoms with Crippen LogP contribution in [-0.4, -0.2) is 75.3 Å². The second-order valence-corrected chi connectivity index (χ2v) is 9.42. The minimum absolute atomic E-state index is 0.120. The molecule has 35 heavy (non-hydrogen) atoms. The lowest BCUT2D eigenvalue weighted by atomic mass is 10.1. The van der Waals surface area contributed by atoms with Crippen LogP contribution in [0.2, 0.25) is 0 Å². The van der Waals surface area contributed by atoms with Crippen LogP contribution in [0.25, 0.3) is 10.9 Å². The van der Waals surface area contributed by atoms with Crippen molar-refractivity contribution in [2.24, 2.45) is 0 Å². The predicted octanol–water partition coefficient (Wildman–Crippen LogP) is 1.65. The molecule has 1 N–H and O–H groups in total. The molecule has 2 atom stereocenters. The van der Waals surface area contributed by atoms with Crippen LogP contribution in [-0.2, 0) is 29.1 Å². The maximum Gasteiger partial charge on any atom is 0.252 e. The predicted molar refractivity (Wildman–Crippen MR) is 125 cm³/mol. The molecule has 0 spiro atoms. The van der Waals surface area contributed by atoms with Gasteiger partial charge in [-0.25, -0.2) is 4.68 Å². The maximum atomic E-state index is 13.0. The molecule has 186 valence electrons. The fraction of sp³-hybridized carbons (Fsp3) is 0.583. The van der Waals surface area contributed by atoms with E-state index in [-0.39, 0.29) is 17.8 Å². The van der Waals surface area contributed by atoms with Crippen LogP contribution >= 0.6 is 0 Å². The minimum atomic E-state index is -0.120. The summed E-state index contributed by atoms with van der Waals surface area (Å²) in [7, 11) is 0. The lowest BCUT2D eigenvalue weighted by molar-refractivity contribution is 0.0647. The number of hydrogen-bond donors (Lipinski definition) is 1. The number of ether oxygens (including phenoxy) is 4.